The zero-order valence-corrected chi connectivity index (χ0v) is 12.2. The second-order valence-corrected chi connectivity index (χ2v) is 5.62. The fourth-order valence-corrected chi connectivity index (χ4v) is 3.07. The number of rotatable bonds is 4. The summed E-state index contributed by atoms with van der Waals surface area (Å²) < 4.78 is 0. The molecule has 0 aromatic carbocycles. The number of anilines is 3. The summed E-state index contributed by atoms with van der Waals surface area (Å²) in [6, 6.07) is 0.0900. The Hall–Kier alpha value is -1.67. The number of hydrogen-bond acceptors (Lipinski definition) is 8. The summed E-state index contributed by atoms with van der Waals surface area (Å²) in [7, 11) is 0. The fourth-order valence-electron chi connectivity index (χ4n) is 3.07. The van der Waals surface area contributed by atoms with Gasteiger partial charge >= 0.3 is 0 Å². The summed E-state index contributed by atoms with van der Waals surface area (Å²) in [5.74, 6) is 7.16. The molecule has 2 aliphatic rings. The average molecular weight is 293 g/mol. The van der Waals surface area contributed by atoms with Crippen LogP contribution in [0.3, 0.4) is 0 Å². The molecule has 1 unspecified atom stereocenters. The molecule has 0 saturated carbocycles. The fraction of sp³-hybridized carbons (Fsp3) is 0.769. The van der Waals surface area contributed by atoms with E-state index in [-0.39, 0.29) is 12.6 Å². The molecule has 0 spiro atoms. The van der Waals surface area contributed by atoms with E-state index in [0.717, 1.165) is 45.3 Å². The topological polar surface area (TPSA) is 103 Å². The van der Waals surface area contributed by atoms with Gasteiger partial charge < -0.3 is 14.9 Å². The standard InChI is InChI=1S/C13H23N7O/c14-18-11-15-12(19-6-2-1-3-7-19)17-13(16-11)20-8-4-5-10(20)9-21/h10,21H,1-9,14H2,(H,15,16,17,18). The molecule has 21 heavy (non-hydrogen) atoms. The predicted octanol–water partition coefficient (Wildman–Crippen LogP) is 0.109. The van der Waals surface area contributed by atoms with Gasteiger partial charge in [-0.25, -0.2) is 5.84 Å². The number of nitrogens with one attached hydrogen (secondary N) is 1. The summed E-state index contributed by atoms with van der Waals surface area (Å²) in [4.78, 5) is 17.6. The zero-order valence-electron chi connectivity index (χ0n) is 12.2. The highest BCUT2D eigenvalue weighted by molar-refractivity contribution is 5.46. The maximum atomic E-state index is 9.48. The van der Waals surface area contributed by atoms with E-state index in [1.54, 1.807) is 0 Å². The van der Waals surface area contributed by atoms with E-state index in [9.17, 15) is 5.11 Å². The number of aliphatic hydroxyl groups is 1. The third-order valence-electron chi connectivity index (χ3n) is 4.22. The van der Waals surface area contributed by atoms with Gasteiger partial charge in [0.2, 0.25) is 17.8 Å². The normalized spacial score (nSPS) is 22.7. The minimum absolute atomic E-state index is 0.0900. The van der Waals surface area contributed by atoms with Gasteiger partial charge in [0, 0.05) is 19.6 Å². The molecule has 0 amide bonds. The van der Waals surface area contributed by atoms with Crippen molar-refractivity contribution >= 4 is 17.8 Å². The van der Waals surface area contributed by atoms with Gasteiger partial charge in [0.05, 0.1) is 12.6 Å². The quantitative estimate of drug-likeness (QED) is 0.531. The molecule has 8 heteroatoms. The minimum Gasteiger partial charge on any atom is -0.394 e. The molecule has 8 nitrogen and oxygen atoms in total. The first-order valence-electron chi connectivity index (χ1n) is 7.67. The van der Waals surface area contributed by atoms with Crippen molar-refractivity contribution in [3.63, 3.8) is 0 Å². The average Bonchev–Trinajstić information content (AvgIpc) is 3.04. The monoisotopic (exact) mass is 293 g/mol. The molecule has 116 valence electrons. The first-order valence-corrected chi connectivity index (χ1v) is 7.67. The third-order valence-corrected chi connectivity index (χ3v) is 4.22. The van der Waals surface area contributed by atoms with E-state index in [0.29, 0.717) is 17.8 Å². The van der Waals surface area contributed by atoms with Gasteiger partial charge in [-0.2, -0.15) is 15.0 Å². The Kier molecular flexibility index (Phi) is 4.35. The highest BCUT2D eigenvalue weighted by atomic mass is 16.3. The Balaban J connectivity index is 1.89. The second kappa shape index (κ2) is 6.40. The van der Waals surface area contributed by atoms with Gasteiger partial charge in [-0.05, 0) is 32.1 Å². The molecule has 2 saturated heterocycles. The Morgan fingerprint density at radius 1 is 1.05 bits per heavy atom. The number of nitrogens with two attached hydrogens (primary N) is 1. The van der Waals surface area contributed by atoms with E-state index in [4.69, 9.17) is 5.84 Å². The van der Waals surface area contributed by atoms with Gasteiger partial charge in [0.1, 0.15) is 0 Å². The Labute approximate surface area is 124 Å². The molecule has 0 bridgehead atoms. The van der Waals surface area contributed by atoms with E-state index in [1.807, 2.05) is 0 Å². The summed E-state index contributed by atoms with van der Waals surface area (Å²) in [6.45, 7) is 2.92. The smallest absolute Gasteiger partial charge is 0.243 e. The van der Waals surface area contributed by atoms with Crippen LogP contribution in [0.2, 0.25) is 0 Å². The van der Waals surface area contributed by atoms with Crippen LogP contribution < -0.4 is 21.1 Å². The minimum atomic E-state index is 0.0900. The van der Waals surface area contributed by atoms with Gasteiger partial charge in [-0.1, -0.05) is 0 Å². The van der Waals surface area contributed by atoms with Crippen LogP contribution in [0, 0.1) is 0 Å². The molecule has 3 heterocycles. The maximum Gasteiger partial charge on any atom is 0.243 e. The summed E-state index contributed by atoms with van der Waals surface area (Å²) in [6.07, 6.45) is 5.59. The highest BCUT2D eigenvalue weighted by Gasteiger charge is 2.27. The number of nitrogen functional groups attached to an aromatic ring is 1. The van der Waals surface area contributed by atoms with Crippen LogP contribution in [0.5, 0.6) is 0 Å². The molecule has 1 aromatic heterocycles. The number of piperidine rings is 1. The third kappa shape index (κ3) is 3.01. The summed E-state index contributed by atoms with van der Waals surface area (Å²) in [5.41, 5.74) is 2.53. The maximum absolute atomic E-state index is 9.48. The summed E-state index contributed by atoms with van der Waals surface area (Å²) in [5, 5.41) is 9.48. The van der Waals surface area contributed by atoms with Crippen LogP contribution in [0.1, 0.15) is 32.1 Å². The van der Waals surface area contributed by atoms with Crippen LogP contribution in [-0.4, -0.2) is 52.3 Å². The van der Waals surface area contributed by atoms with Crippen molar-refractivity contribution in [2.45, 2.75) is 38.1 Å². The summed E-state index contributed by atoms with van der Waals surface area (Å²) >= 11 is 0. The largest absolute Gasteiger partial charge is 0.394 e. The number of hydrogen-bond donors (Lipinski definition) is 3. The van der Waals surface area contributed by atoms with Crippen LogP contribution in [0.25, 0.3) is 0 Å². The van der Waals surface area contributed by atoms with Crippen LogP contribution >= 0.6 is 0 Å². The van der Waals surface area contributed by atoms with Crippen molar-refractivity contribution in [1.82, 2.24) is 15.0 Å². The molecular weight excluding hydrogens is 270 g/mol. The lowest BCUT2D eigenvalue weighted by atomic mass is 10.1. The molecular formula is C13H23N7O. The van der Waals surface area contributed by atoms with Crippen LogP contribution in [0.4, 0.5) is 17.8 Å². The highest BCUT2D eigenvalue weighted by Crippen LogP contribution is 2.25. The Morgan fingerprint density at radius 3 is 2.52 bits per heavy atom. The first-order chi connectivity index (χ1) is 10.3. The number of nitrogens with zero attached hydrogens (tertiary/aromatic N) is 5. The van der Waals surface area contributed by atoms with E-state index >= 15 is 0 Å². The van der Waals surface area contributed by atoms with Crippen molar-refractivity contribution in [2.75, 3.05) is 41.5 Å². The molecule has 3 rings (SSSR count). The van der Waals surface area contributed by atoms with Crippen LogP contribution in [0.15, 0.2) is 0 Å². The first kappa shape index (κ1) is 14.3. The van der Waals surface area contributed by atoms with Gasteiger partial charge in [-0.15, -0.1) is 0 Å². The van der Waals surface area contributed by atoms with Crippen molar-refractivity contribution in [2.24, 2.45) is 5.84 Å². The van der Waals surface area contributed by atoms with Gasteiger partial charge in [0.15, 0.2) is 0 Å². The number of aromatic nitrogens is 3. The predicted molar refractivity (Wildman–Crippen MR) is 81.2 cm³/mol. The molecule has 2 aliphatic heterocycles. The molecule has 0 aliphatic carbocycles. The van der Waals surface area contributed by atoms with Crippen molar-refractivity contribution < 1.29 is 5.11 Å². The lowest BCUT2D eigenvalue weighted by molar-refractivity contribution is 0.265. The van der Waals surface area contributed by atoms with Crippen molar-refractivity contribution in [1.29, 1.82) is 0 Å². The van der Waals surface area contributed by atoms with E-state index in [2.05, 4.69) is 30.2 Å². The SMILES string of the molecule is NNc1nc(N2CCCCC2)nc(N2CCCC2CO)n1. The Morgan fingerprint density at radius 2 is 1.81 bits per heavy atom. The molecule has 1 aromatic rings. The van der Waals surface area contributed by atoms with E-state index in [1.165, 1.54) is 6.42 Å². The second-order valence-electron chi connectivity index (χ2n) is 5.62. The molecule has 4 N–H and O–H groups in total. The number of aliphatic hydroxyl groups excluding tert-OH is 1. The molecule has 0 radical (unpaired) electrons. The van der Waals surface area contributed by atoms with Crippen molar-refractivity contribution in [3.05, 3.63) is 0 Å². The molecule has 2 fully saturated rings. The van der Waals surface area contributed by atoms with E-state index < -0.39 is 0 Å². The lowest BCUT2D eigenvalue weighted by Gasteiger charge is -2.28. The van der Waals surface area contributed by atoms with Crippen LogP contribution in [-0.2, 0) is 0 Å². The van der Waals surface area contributed by atoms with Gasteiger partial charge in [-0.3, -0.25) is 5.43 Å². The lowest BCUT2D eigenvalue weighted by Crippen LogP contribution is -2.36. The van der Waals surface area contributed by atoms with Crippen molar-refractivity contribution in [3.8, 4) is 0 Å². The van der Waals surface area contributed by atoms with Gasteiger partial charge in [0.25, 0.3) is 0 Å². The number of hydrazine groups is 1. The Bertz CT molecular complexity index is 478. The molecule has 1 atom stereocenters. The zero-order chi connectivity index (χ0) is 14.7.